The summed E-state index contributed by atoms with van der Waals surface area (Å²) in [6.45, 7) is 4.85. The van der Waals surface area contributed by atoms with Crippen LogP contribution in [0.15, 0.2) is 42.6 Å². The number of nitrogens with zero attached hydrogens (tertiary/aromatic N) is 2. The van der Waals surface area contributed by atoms with Crippen LogP contribution in [0.3, 0.4) is 0 Å². The van der Waals surface area contributed by atoms with Crippen LogP contribution in [0, 0.1) is 0 Å². The number of rotatable bonds is 7. The topological polar surface area (TPSA) is 80.5 Å². The van der Waals surface area contributed by atoms with Crippen LogP contribution in [0.1, 0.15) is 41.0 Å². The number of aromatic amines is 1. The van der Waals surface area contributed by atoms with Crippen molar-refractivity contribution in [2.24, 2.45) is 0 Å². The van der Waals surface area contributed by atoms with E-state index in [0.717, 1.165) is 29.6 Å². The van der Waals surface area contributed by atoms with E-state index in [1.165, 1.54) is 42.1 Å². The molecule has 6 rings (SSSR count). The van der Waals surface area contributed by atoms with E-state index in [2.05, 4.69) is 38.7 Å². The first-order chi connectivity index (χ1) is 17.1. The summed E-state index contributed by atoms with van der Waals surface area (Å²) >= 11 is 1.87. The molecule has 3 aliphatic heterocycles. The molecule has 3 aliphatic rings. The fraction of sp³-hybridized carbons (Fsp3) is 0.481. The van der Waals surface area contributed by atoms with Crippen molar-refractivity contribution < 1.29 is 9.59 Å². The van der Waals surface area contributed by atoms with Crippen molar-refractivity contribution in [3.63, 3.8) is 0 Å². The largest absolute Gasteiger partial charge is 0.361 e. The van der Waals surface area contributed by atoms with Gasteiger partial charge in [0.05, 0.1) is 0 Å². The number of piperidine rings is 1. The Morgan fingerprint density at radius 1 is 1.03 bits per heavy atom. The van der Waals surface area contributed by atoms with Crippen molar-refractivity contribution in [1.82, 2.24) is 25.4 Å². The van der Waals surface area contributed by atoms with Gasteiger partial charge in [0.2, 0.25) is 11.8 Å². The maximum atomic E-state index is 13.3. The lowest BCUT2D eigenvalue weighted by Gasteiger charge is -2.34. The molecule has 3 aromatic rings. The first-order valence-corrected chi connectivity index (χ1v) is 13.6. The number of amides is 2. The lowest BCUT2D eigenvalue weighted by molar-refractivity contribution is -0.146. The van der Waals surface area contributed by atoms with Gasteiger partial charge in [-0.2, -0.15) is 0 Å². The molecule has 0 aliphatic carbocycles. The molecule has 3 fully saturated rings. The monoisotopic (exact) mass is 491 g/mol. The van der Waals surface area contributed by atoms with Gasteiger partial charge in [-0.3, -0.25) is 14.5 Å². The Morgan fingerprint density at radius 3 is 2.74 bits per heavy atom. The summed E-state index contributed by atoms with van der Waals surface area (Å²) in [4.78, 5) is 36.5. The fourth-order valence-corrected chi connectivity index (χ4v) is 6.86. The van der Waals surface area contributed by atoms with Gasteiger partial charge in [-0.15, -0.1) is 11.3 Å². The van der Waals surface area contributed by atoms with E-state index in [9.17, 15) is 9.59 Å². The SMILES string of the molecule is O=C1N[C@@H](Cc2c[nH]c3ccccc23)C(=O)N2C[C@@H](NCc3ccc(CN4CCCCC4)s3)C[C@@H]12. The molecule has 2 aromatic heterocycles. The van der Waals surface area contributed by atoms with E-state index < -0.39 is 6.04 Å². The second kappa shape index (κ2) is 9.76. The molecule has 3 saturated heterocycles. The van der Waals surface area contributed by atoms with E-state index in [1.807, 2.05) is 35.7 Å². The third-order valence-corrected chi connectivity index (χ3v) is 8.78. The Bertz CT molecular complexity index is 1210. The minimum absolute atomic E-state index is 0.0290. The third-order valence-electron chi connectivity index (χ3n) is 7.71. The van der Waals surface area contributed by atoms with E-state index in [0.29, 0.717) is 19.4 Å². The molecule has 3 atom stereocenters. The van der Waals surface area contributed by atoms with Crippen LogP contribution in [-0.2, 0) is 29.1 Å². The molecule has 7 nitrogen and oxygen atoms in total. The van der Waals surface area contributed by atoms with Gasteiger partial charge in [-0.1, -0.05) is 24.6 Å². The molecule has 1 aromatic carbocycles. The Kier molecular flexibility index (Phi) is 6.35. The number of fused-ring (bicyclic) bond motifs is 2. The van der Waals surface area contributed by atoms with Crippen LogP contribution in [0.4, 0.5) is 0 Å². The summed E-state index contributed by atoms with van der Waals surface area (Å²) in [7, 11) is 0. The molecular formula is C27H33N5O2S. The molecule has 2 amide bonds. The zero-order valence-corrected chi connectivity index (χ0v) is 20.8. The molecular weight excluding hydrogens is 458 g/mol. The van der Waals surface area contributed by atoms with Crippen molar-refractivity contribution in [2.75, 3.05) is 19.6 Å². The van der Waals surface area contributed by atoms with Crippen molar-refractivity contribution in [1.29, 1.82) is 0 Å². The Balaban J connectivity index is 1.05. The average molecular weight is 492 g/mol. The quantitative estimate of drug-likeness (QED) is 0.475. The predicted octanol–water partition coefficient (Wildman–Crippen LogP) is 3.02. The van der Waals surface area contributed by atoms with Crippen LogP contribution in [0.25, 0.3) is 10.9 Å². The lowest BCUT2D eigenvalue weighted by Crippen LogP contribution is -2.61. The number of hydrogen-bond acceptors (Lipinski definition) is 5. The molecule has 0 saturated carbocycles. The number of likely N-dealkylation sites (tertiary alicyclic amines) is 1. The number of carbonyl (C=O) groups excluding carboxylic acids is 2. The lowest BCUT2D eigenvalue weighted by atomic mass is 10.0. The van der Waals surface area contributed by atoms with Crippen molar-refractivity contribution in [3.8, 4) is 0 Å². The Labute approximate surface area is 209 Å². The number of piperazine rings is 1. The standard InChI is InChI=1S/C27H33N5O2S/c33-26-25-13-19(28-15-20-8-9-21(35-20)17-31-10-4-1-5-11-31)16-32(25)27(34)24(30-26)12-18-14-29-23-7-3-2-6-22(18)23/h2-3,6-9,14,19,24-25,28-29H,1,4-5,10-13,15-17H2,(H,30,33)/t19-,24-,25-/m0/s1. The number of hydrogen-bond donors (Lipinski definition) is 3. The van der Waals surface area contributed by atoms with Gasteiger partial charge in [0.25, 0.3) is 0 Å². The minimum Gasteiger partial charge on any atom is -0.361 e. The van der Waals surface area contributed by atoms with Crippen LogP contribution in [-0.4, -0.2) is 64.4 Å². The first-order valence-electron chi connectivity index (χ1n) is 12.8. The number of nitrogens with one attached hydrogen (secondary N) is 3. The van der Waals surface area contributed by atoms with Gasteiger partial charge in [-0.05, 0) is 56.1 Å². The second-order valence-corrected chi connectivity index (χ2v) is 11.4. The van der Waals surface area contributed by atoms with E-state index >= 15 is 0 Å². The van der Waals surface area contributed by atoms with Crippen molar-refractivity contribution in [2.45, 2.75) is 63.3 Å². The highest BCUT2D eigenvalue weighted by atomic mass is 32.1. The number of para-hydroxylation sites is 1. The third kappa shape index (κ3) is 4.75. The van der Waals surface area contributed by atoms with E-state index in [-0.39, 0.29) is 23.9 Å². The van der Waals surface area contributed by atoms with Crippen LogP contribution in [0.2, 0.25) is 0 Å². The Morgan fingerprint density at radius 2 is 1.86 bits per heavy atom. The van der Waals surface area contributed by atoms with Crippen LogP contribution < -0.4 is 10.6 Å². The summed E-state index contributed by atoms with van der Waals surface area (Å²) in [6, 6.07) is 11.8. The van der Waals surface area contributed by atoms with Crippen molar-refractivity contribution in [3.05, 3.63) is 57.9 Å². The van der Waals surface area contributed by atoms with Crippen LogP contribution >= 0.6 is 11.3 Å². The molecule has 184 valence electrons. The number of thiophene rings is 1. The van der Waals surface area contributed by atoms with Gasteiger partial charge in [-0.25, -0.2) is 0 Å². The molecule has 0 spiro atoms. The summed E-state index contributed by atoms with van der Waals surface area (Å²) < 4.78 is 0. The van der Waals surface area contributed by atoms with Gasteiger partial charge in [0.1, 0.15) is 12.1 Å². The number of H-pyrrole nitrogens is 1. The highest BCUT2D eigenvalue weighted by molar-refractivity contribution is 7.11. The van der Waals surface area contributed by atoms with Gasteiger partial charge < -0.3 is 20.5 Å². The minimum atomic E-state index is -0.508. The zero-order chi connectivity index (χ0) is 23.8. The number of aromatic nitrogens is 1. The maximum Gasteiger partial charge on any atom is 0.246 e. The number of carbonyl (C=O) groups is 2. The van der Waals surface area contributed by atoms with E-state index in [1.54, 1.807) is 4.90 Å². The molecule has 0 bridgehead atoms. The zero-order valence-electron chi connectivity index (χ0n) is 20.0. The van der Waals surface area contributed by atoms with Crippen LogP contribution in [0.5, 0.6) is 0 Å². The Hall–Kier alpha value is -2.68. The van der Waals surface area contributed by atoms with E-state index in [4.69, 9.17) is 0 Å². The van der Waals surface area contributed by atoms with Gasteiger partial charge in [0, 0.05) is 59.0 Å². The molecule has 3 N–H and O–H groups in total. The highest BCUT2D eigenvalue weighted by Gasteiger charge is 2.46. The van der Waals surface area contributed by atoms with Gasteiger partial charge in [0.15, 0.2) is 0 Å². The average Bonchev–Trinajstić information content (AvgIpc) is 3.61. The normalized spacial score (nSPS) is 25.3. The predicted molar refractivity (Wildman–Crippen MR) is 138 cm³/mol. The first kappa shape index (κ1) is 22.8. The highest BCUT2D eigenvalue weighted by Crippen LogP contribution is 2.27. The van der Waals surface area contributed by atoms with Gasteiger partial charge >= 0.3 is 0 Å². The molecule has 0 unspecified atom stereocenters. The fourth-order valence-electron chi connectivity index (χ4n) is 5.85. The molecule has 8 heteroatoms. The van der Waals surface area contributed by atoms with Crippen molar-refractivity contribution >= 4 is 34.1 Å². The molecule has 35 heavy (non-hydrogen) atoms. The second-order valence-electron chi connectivity index (χ2n) is 10.1. The molecule has 5 heterocycles. The molecule has 0 radical (unpaired) electrons. The smallest absolute Gasteiger partial charge is 0.246 e. The summed E-state index contributed by atoms with van der Waals surface area (Å²) in [5.74, 6) is 0.00260. The maximum absolute atomic E-state index is 13.3. The summed E-state index contributed by atoms with van der Waals surface area (Å²) in [5, 5.41) is 7.72. The summed E-state index contributed by atoms with van der Waals surface area (Å²) in [5.41, 5.74) is 2.11. The summed E-state index contributed by atoms with van der Waals surface area (Å²) in [6.07, 6.45) is 7.11. The number of benzene rings is 1.